The first-order chi connectivity index (χ1) is 11.6. The van der Waals surface area contributed by atoms with Crippen LogP contribution in [-0.4, -0.2) is 36.9 Å². The zero-order chi connectivity index (χ0) is 16.9. The molecule has 0 spiro atoms. The third-order valence-electron chi connectivity index (χ3n) is 5.98. The molecule has 0 bridgehead atoms. The standard InChI is InChI=1S/C21H33NO2/c1-16(2)19-10-4-6-12-21(19)24-15-18(23)14-22-13-7-9-17-8-3-5-11-20(17)22/h4,6,10,12,16-18,20,23H,3,5,7-9,11,13-15H2,1-2H3/p+1/t17-,18+,20+/m1/s1. The molecule has 134 valence electrons. The van der Waals surface area contributed by atoms with Crippen LogP contribution in [0.5, 0.6) is 5.75 Å². The number of hydrogen-bond acceptors (Lipinski definition) is 2. The van der Waals surface area contributed by atoms with Gasteiger partial charge in [0.25, 0.3) is 0 Å². The third kappa shape index (κ3) is 4.31. The highest BCUT2D eigenvalue weighted by Crippen LogP contribution is 2.28. The molecule has 0 aromatic heterocycles. The van der Waals surface area contributed by atoms with E-state index in [0.29, 0.717) is 12.5 Å². The Morgan fingerprint density at radius 3 is 2.71 bits per heavy atom. The molecule has 0 radical (unpaired) electrons. The number of benzene rings is 1. The average Bonchev–Trinajstić information content (AvgIpc) is 2.60. The van der Waals surface area contributed by atoms with Gasteiger partial charge in [0.05, 0.1) is 12.6 Å². The highest BCUT2D eigenvalue weighted by Gasteiger charge is 2.37. The number of rotatable bonds is 6. The average molecular weight is 333 g/mol. The summed E-state index contributed by atoms with van der Waals surface area (Å²) in [5, 5.41) is 10.5. The predicted octanol–water partition coefficient (Wildman–Crippen LogP) is 2.79. The number of aliphatic hydroxyl groups excluding tert-OH is 1. The summed E-state index contributed by atoms with van der Waals surface area (Å²) in [5.41, 5.74) is 1.22. The van der Waals surface area contributed by atoms with Crippen molar-refractivity contribution < 1.29 is 14.7 Å². The summed E-state index contributed by atoms with van der Waals surface area (Å²) < 4.78 is 5.97. The molecule has 1 aromatic rings. The van der Waals surface area contributed by atoms with E-state index in [2.05, 4.69) is 26.0 Å². The highest BCUT2D eigenvalue weighted by molar-refractivity contribution is 5.35. The van der Waals surface area contributed by atoms with E-state index in [1.165, 1.54) is 50.6 Å². The predicted molar refractivity (Wildman–Crippen MR) is 97.7 cm³/mol. The molecule has 1 unspecified atom stereocenters. The van der Waals surface area contributed by atoms with Crippen LogP contribution in [0.3, 0.4) is 0 Å². The van der Waals surface area contributed by atoms with E-state index in [1.807, 2.05) is 12.1 Å². The Morgan fingerprint density at radius 2 is 1.88 bits per heavy atom. The minimum absolute atomic E-state index is 0.374. The van der Waals surface area contributed by atoms with Gasteiger partial charge in [0, 0.05) is 5.92 Å². The van der Waals surface area contributed by atoms with E-state index in [4.69, 9.17) is 4.74 Å². The van der Waals surface area contributed by atoms with E-state index < -0.39 is 0 Å². The van der Waals surface area contributed by atoms with Crippen molar-refractivity contribution in [2.75, 3.05) is 19.7 Å². The van der Waals surface area contributed by atoms with Gasteiger partial charge >= 0.3 is 0 Å². The number of quaternary nitrogens is 1. The number of likely N-dealkylation sites (tertiary alicyclic amines) is 1. The van der Waals surface area contributed by atoms with Gasteiger partial charge in [-0.3, -0.25) is 0 Å². The summed E-state index contributed by atoms with van der Waals surface area (Å²) in [5.74, 6) is 2.27. The topological polar surface area (TPSA) is 33.9 Å². The first kappa shape index (κ1) is 17.8. The maximum atomic E-state index is 10.5. The zero-order valence-corrected chi connectivity index (χ0v) is 15.3. The molecule has 1 saturated heterocycles. The second-order valence-electron chi connectivity index (χ2n) is 8.06. The van der Waals surface area contributed by atoms with Crippen LogP contribution in [0, 0.1) is 5.92 Å². The smallest absolute Gasteiger partial charge is 0.137 e. The summed E-state index contributed by atoms with van der Waals surface area (Å²) in [6.07, 6.45) is 7.89. The molecule has 3 nitrogen and oxygen atoms in total. The molecule has 2 aliphatic rings. The van der Waals surface area contributed by atoms with Crippen LogP contribution in [0.4, 0.5) is 0 Å². The quantitative estimate of drug-likeness (QED) is 0.840. The van der Waals surface area contributed by atoms with Gasteiger partial charge in [-0.05, 0) is 49.7 Å². The number of aliphatic hydroxyl groups is 1. The van der Waals surface area contributed by atoms with Gasteiger partial charge in [0.1, 0.15) is 25.0 Å². The maximum Gasteiger partial charge on any atom is 0.137 e. The molecule has 1 heterocycles. The van der Waals surface area contributed by atoms with Gasteiger partial charge in [0.2, 0.25) is 0 Å². The second kappa shape index (κ2) is 8.35. The summed E-state index contributed by atoms with van der Waals surface area (Å²) in [6, 6.07) is 8.99. The molecule has 1 aromatic carbocycles. The monoisotopic (exact) mass is 332 g/mol. The van der Waals surface area contributed by atoms with Crippen molar-refractivity contribution in [2.24, 2.45) is 5.92 Å². The van der Waals surface area contributed by atoms with E-state index in [1.54, 1.807) is 4.90 Å². The number of fused-ring (bicyclic) bond motifs is 1. The van der Waals surface area contributed by atoms with Crippen molar-refractivity contribution in [2.45, 2.75) is 70.4 Å². The second-order valence-corrected chi connectivity index (χ2v) is 8.06. The van der Waals surface area contributed by atoms with Crippen molar-refractivity contribution in [3.05, 3.63) is 29.8 Å². The fourth-order valence-electron chi connectivity index (χ4n) is 4.76. The van der Waals surface area contributed by atoms with Gasteiger partial charge in [-0.15, -0.1) is 0 Å². The molecule has 3 heteroatoms. The van der Waals surface area contributed by atoms with E-state index >= 15 is 0 Å². The Kier molecular flexibility index (Phi) is 6.18. The summed E-state index contributed by atoms with van der Waals surface area (Å²) >= 11 is 0. The third-order valence-corrected chi connectivity index (χ3v) is 5.98. The minimum atomic E-state index is -0.374. The number of para-hydroxylation sites is 1. The van der Waals surface area contributed by atoms with Crippen LogP contribution in [0.2, 0.25) is 0 Å². The molecule has 24 heavy (non-hydrogen) atoms. The summed E-state index contributed by atoms with van der Waals surface area (Å²) in [4.78, 5) is 1.62. The highest BCUT2D eigenvalue weighted by atomic mass is 16.5. The molecule has 0 amide bonds. The SMILES string of the molecule is CC(C)c1ccccc1OC[C@@H](O)C[NH+]1CCC[C@H]2CCCC[C@@H]21. The number of piperidine rings is 1. The van der Waals surface area contributed by atoms with Gasteiger partial charge in [-0.25, -0.2) is 0 Å². The van der Waals surface area contributed by atoms with Crippen molar-refractivity contribution in [3.8, 4) is 5.75 Å². The lowest BCUT2D eigenvalue weighted by Gasteiger charge is -2.41. The summed E-state index contributed by atoms with van der Waals surface area (Å²) in [7, 11) is 0. The van der Waals surface area contributed by atoms with Gasteiger partial charge < -0.3 is 14.7 Å². The Hall–Kier alpha value is -1.06. The Bertz CT molecular complexity index is 514. The first-order valence-electron chi connectivity index (χ1n) is 9.89. The molecule has 2 fully saturated rings. The Balaban J connectivity index is 1.53. The van der Waals surface area contributed by atoms with Gasteiger partial charge in [0.15, 0.2) is 0 Å². The normalized spacial score (nSPS) is 28.4. The molecule has 1 aliphatic carbocycles. The lowest BCUT2D eigenvalue weighted by Crippen LogP contribution is -3.18. The van der Waals surface area contributed by atoms with Crippen LogP contribution in [0.1, 0.15) is 63.9 Å². The Labute approximate surface area is 147 Å². The van der Waals surface area contributed by atoms with Crippen molar-refractivity contribution in [1.29, 1.82) is 0 Å². The number of nitrogens with one attached hydrogen (secondary N) is 1. The first-order valence-corrected chi connectivity index (χ1v) is 9.89. The van der Waals surface area contributed by atoms with E-state index in [0.717, 1.165) is 24.3 Å². The van der Waals surface area contributed by atoms with Crippen LogP contribution >= 0.6 is 0 Å². The molecule has 2 N–H and O–H groups in total. The zero-order valence-electron chi connectivity index (χ0n) is 15.3. The van der Waals surface area contributed by atoms with Crippen LogP contribution in [-0.2, 0) is 0 Å². The van der Waals surface area contributed by atoms with Crippen LogP contribution in [0.25, 0.3) is 0 Å². The summed E-state index contributed by atoms with van der Waals surface area (Å²) in [6.45, 7) is 6.83. The number of ether oxygens (including phenoxy) is 1. The van der Waals surface area contributed by atoms with Crippen molar-refractivity contribution >= 4 is 0 Å². The fourth-order valence-corrected chi connectivity index (χ4v) is 4.76. The van der Waals surface area contributed by atoms with Gasteiger partial charge in [-0.2, -0.15) is 0 Å². The lowest BCUT2D eigenvalue weighted by molar-refractivity contribution is -0.939. The molecular weight excluding hydrogens is 298 g/mol. The maximum absolute atomic E-state index is 10.5. The van der Waals surface area contributed by atoms with Gasteiger partial charge in [-0.1, -0.05) is 38.5 Å². The van der Waals surface area contributed by atoms with E-state index in [9.17, 15) is 5.11 Å². The molecular formula is C21H34NO2+. The Morgan fingerprint density at radius 1 is 1.12 bits per heavy atom. The van der Waals surface area contributed by atoms with Crippen LogP contribution in [0.15, 0.2) is 24.3 Å². The fraction of sp³-hybridized carbons (Fsp3) is 0.714. The molecule has 4 atom stereocenters. The lowest BCUT2D eigenvalue weighted by atomic mass is 9.78. The molecule has 3 rings (SSSR count). The molecule has 1 aliphatic heterocycles. The largest absolute Gasteiger partial charge is 0.490 e. The molecule has 1 saturated carbocycles. The van der Waals surface area contributed by atoms with Crippen molar-refractivity contribution in [3.63, 3.8) is 0 Å². The van der Waals surface area contributed by atoms with Crippen molar-refractivity contribution in [1.82, 2.24) is 0 Å². The number of hydrogen-bond donors (Lipinski definition) is 2. The van der Waals surface area contributed by atoms with E-state index in [-0.39, 0.29) is 6.10 Å². The minimum Gasteiger partial charge on any atom is -0.490 e. The van der Waals surface area contributed by atoms with Crippen LogP contribution < -0.4 is 9.64 Å².